The zero-order valence-corrected chi connectivity index (χ0v) is 7.97. The largest absolute Gasteiger partial charge is 0.478 e. The van der Waals surface area contributed by atoms with Gasteiger partial charge >= 0.3 is 5.97 Å². The topological polar surface area (TPSA) is 50.2 Å². The molecule has 0 aliphatic rings. The van der Waals surface area contributed by atoms with Crippen LogP contribution in [0.4, 0.5) is 0 Å². The number of carboxylic acids is 1. The molecule has 15 heavy (non-hydrogen) atoms. The highest BCUT2D eigenvalue weighted by Crippen LogP contribution is 2.17. The molecule has 0 saturated heterocycles. The Morgan fingerprint density at radius 2 is 2.13 bits per heavy atom. The summed E-state index contributed by atoms with van der Waals surface area (Å²) in [5.41, 5.74) is 1.36. The Morgan fingerprint density at radius 1 is 1.40 bits per heavy atom. The number of hydrogen-bond acceptors (Lipinski definition) is 2. The number of rotatable bonds is 2. The molecule has 3 nitrogen and oxygen atoms in total. The third-order valence-corrected chi connectivity index (χ3v) is 2.18. The fraction of sp³-hybridized carbons (Fsp3) is 0. The molecule has 0 aliphatic heterocycles. The highest BCUT2D eigenvalue weighted by atomic mass is 16.4. The second kappa shape index (κ2) is 3.53. The minimum Gasteiger partial charge on any atom is -0.478 e. The molecule has 0 saturated carbocycles. The normalized spacial score (nSPS) is 10.1. The highest BCUT2D eigenvalue weighted by molar-refractivity contribution is 5.96. The Kier molecular flexibility index (Phi) is 2.21. The first kappa shape index (κ1) is 9.40. The Morgan fingerprint density at radius 3 is 2.80 bits per heavy atom. The van der Waals surface area contributed by atoms with Crippen LogP contribution >= 0.6 is 0 Å². The molecular formula is C12H9NO2. The van der Waals surface area contributed by atoms with E-state index in [1.165, 1.54) is 6.08 Å². The van der Waals surface area contributed by atoms with Crippen LogP contribution in [0.2, 0.25) is 0 Å². The number of fused-ring (bicyclic) bond motifs is 1. The van der Waals surface area contributed by atoms with Gasteiger partial charge in [-0.2, -0.15) is 0 Å². The summed E-state index contributed by atoms with van der Waals surface area (Å²) < 4.78 is 0. The van der Waals surface area contributed by atoms with Gasteiger partial charge in [-0.05, 0) is 18.2 Å². The summed E-state index contributed by atoms with van der Waals surface area (Å²) in [5.74, 6) is -0.983. The van der Waals surface area contributed by atoms with Gasteiger partial charge in [0.1, 0.15) is 0 Å². The Balaban J connectivity index is 2.80. The highest BCUT2D eigenvalue weighted by Gasteiger charge is 2.10. The Labute approximate surface area is 86.7 Å². The van der Waals surface area contributed by atoms with Crippen LogP contribution in [0.1, 0.15) is 16.1 Å². The lowest BCUT2D eigenvalue weighted by molar-refractivity contribution is 0.0696. The van der Waals surface area contributed by atoms with E-state index in [0.717, 1.165) is 10.9 Å². The number of aromatic carboxylic acids is 1. The first-order chi connectivity index (χ1) is 7.22. The van der Waals surface area contributed by atoms with Gasteiger partial charge in [-0.3, -0.25) is 0 Å². The maximum Gasteiger partial charge on any atom is 0.337 e. The third-order valence-electron chi connectivity index (χ3n) is 2.18. The smallest absolute Gasteiger partial charge is 0.337 e. The second-order valence-electron chi connectivity index (χ2n) is 3.12. The van der Waals surface area contributed by atoms with Crippen molar-refractivity contribution in [3.8, 4) is 0 Å². The van der Waals surface area contributed by atoms with Crippen molar-refractivity contribution in [3.63, 3.8) is 0 Å². The maximum absolute atomic E-state index is 10.9. The Hall–Kier alpha value is -2.16. The van der Waals surface area contributed by atoms with Gasteiger partial charge in [0.25, 0.3) is 0 Å². The summed E-state index contributed by atoms with van der Waals surface area (Å²) in [5, 5.41) is 9.79. The van der Waals surface area contributed by atoms with E-state index in [0.29, 0.717) is 5.69 Å². The molecule has 1 N–H and O–H groups in total. The molecule has 3 heteroatoms. The molecule has 0 radical (unpaired) electrons. The summed E-state index contributed by atoms with van der Waals surface area (Å²) in [6.45, 7) is 3.55. The van der Waals surface area contributed by atoms with Crippen LogP contribution < -0.4 is 0 Å². The molecule has 1 heterocycles. The lowest BCUT2D eigenvalue weighted by Crippen LogP contribution is -2.01. The number of benzene rings is 1. The van der Waals surface area contributed by atoms with Crippen LogP contribution in [0, 0.1) is 0 Å². The molecule has 2 aromatic rings. The third kappa shape index (κ3) is 1.59. The maximum atomic E-state index is 10.9. The fourth-order valence-corrected chi connectivity index (χ4v) is 1.46. The first-order valence-corrected chi connectivity index (χ1v) is 4.48. The lowest BCUT2D eigenvalue weighted by Gasteiger charge is -2.03. The van der Waals surface area contributed by atoms with Crippen molar-refractivity contribution in [2.75, 3.05) is 0 Å². The first-order valence-electron chi connectivity index (χ1n) is 4.48. The summed E-state index contributed by atoms with van der Waals surface area (Å²) in [6.07, 6.45) is 1.45. The molecule has 0 unspecified atom stereocenters. The zero-order chi connectivity index (χ0) is 10.8. The van der Waals surface area contributed by atoms with E-state index >= 15 is 0 Å². The minimum absolute atomic E-state index is 0.184. The van der Waals surface area contributed by atoms with E-state index in [9.17, 15) is 4.79 Å². The molecule has 0 fully saturated rings. The van der Waals surface area contributed by atoms with Crippen molar-refractivity contribution in [1.29, 1.82) is 0 Å². The van der Waals surface area contributed by atoms with Gasteiger partial charge in [-0.25, -0.2) is 9.78 Å². The number of carbonyl (C=O) groups is 1. The Bertz CT molecular complexity index is 546. The monoisotopic (exact) mass is 199 g/mol. The van der Waals surface area contributed by atoms with Crippen molar-refractivity contribution < 1.29 is 9.90 Å². The molecule has 0 amide bonds. The van der Waals surface area contributed by atoms with Crippen molar-refractivity contribution in [1.82, 2.24) is 4.98 Å². The van der Waals surface area contributed by atoms with Gasteiger partial charge in [0.15, 0.2) is 0 Å². The van der Waals surface area contributed by atoms with Crippen LogP contribution in [-0.4, -0.2) is 16.1 Å². The number of para-hydroxylation sites is 1. The molecule has 1 aromatic heterocycles. The van der Waals surface area contributed by atoms with Crippen LogP contribution in [-0.2, 0) is 0 Å². The van der Waals surface area contributed by atoms with E-state index in [1.807, 2.05) is 24.3 Å². The van der Waals surface area contributed by atoms with E-state index in [4.69, 9.17) is 5.11 Å². The van der Waals surface area contributed by atoms with E-state index < -0.39 is 5.97 Å². The average molecular weight is 199 g/mol. The number of pyridine rings is 1. The van der Waals surface area contributed by atoms with Crippen LogP contribution in [0.15, 0.2) is 36.9 Å². The molecule has 0 atom stereocenters. The summed E-state index contributed by atoms with van der Waals surface area (Å²) in [6, 6.07) is 9.00. The van der Waals surface area contributed by atoms with E-state index in [-0.39, 0.29) is 5.56 Å². The van der Waals surface area contributed by atoms with Gasteiger partial charge < -0.3 is 5.11 Å². The lowest BCUT2D eigenvalue weighted by atomic mass is 10.1. The van der Waals surface area contributed by atoms with Gasteiger partial charge in [-0.15, -0.1) is 0 Å². The van der Waals surface area contributed by atoms with Crippen LogP contribution in [0.25, 0.3) is 17.0 Å². The van der Waals surface area contributed by atoms with Gasteiger partial charge in [-0.1, -0.05) is 24.8 Å². The van der Waals surface area contributed by atoms with E-state index in [2.05, 4.69) is 11.6 Å². The van der Waals surface area contributed by atoms with Crippen molar-refractivity contribution in [3.05, 3.63) is 48.2 Å². The predicted octanol–water partition coefficient (Wildman–Crippen LogP) is 2.58. The van der Waals surface area contributed by atoms with Crippen LogP contribution in [0.5, 0.6) is 0 Å². The predicted molar refractivity (Wildman–Crippen MR) is 58.8 cm³/mol. The SMILES string of the molecule is C=Cc1nc2ccccc2cc1C(=O)O. The number of carboxylic acid groups (broad SMARTS) is 1. The van der Waals surface area contributed by atoms with Crippen molar-refractivity contribution >= 4 is 22.9 Å². The van der Waals surface area contributed by atoms with Crippen LogP contribution in [0.3, 0.4) is 0 Å². The zero-order valence-electron chi connectivity index (χ0n) is 7.97. The summed E-state index contributed by atoms with van der Waals surface area (Å²) in [7, 11) is 0. The summed E-state index contributed by atoms with van der Waals surface area (Å²) >= 11 is 0. The van der Waals surface area contributed by atoms with Gasteiger partial charge in [0.05, 0.1) is 16.8 Å². The number of nitrogens with zero attached hydrogens (tertiary/aromatic N) is 1. The average Bonchev–Trinajstić information content (AvgIpc) is 2.27. The molecule has 74 valence electrons. The number of aromatic nitrogens is 1. The minimum atomic E-state index is -0.983. The standard InChI is InChI=1S/C12H9NO2/c1-2-10-9(12(14)15)7-8-5-3-4-6-11(8)13-10/h2-7H,1H2,(H,14,15). The van der Waals surface area contributed by atoms with Gasteiger partial charge in [0.2, 0.25) is 0 Å². The second-order valence-corrected chi connectivity index (χ2v) is 3.12. The molecule has 0 aliphatic carbocycles. The molecule has 1 aromatic carbocycles. The molecule has 2 rings (SSSR count). The van der Waals surface area contributed by atoms with Crippen molar-refractivity contribution in [2.45, 2.75) is 0 Å². The molecule has 0 spiro atoms. The fourth-order valence-electron chi connectivity index (χ4n) is 1.46. The number of hydrogen-bond donors (Lipinski definition) is 1. The van der Waals surface area contributed by atoms with Crippen molar-refractivity contribution in [2.24, 2.45) is 0 Å². The molecular weight excluding hydrogens is 190 g/mol. The van der Waals surface area contributed by atoms with E-state index in [1.54, 1.807) is 6.07 Å². The summed E-state index contributed by atoms with van der Waals surface area (Å²) in [4.78, 5) is 15.2. The van der Waals surface area contributed by atoms with Gasteiger partial charge in [0, 0.05) is 5.39 Å². The molecule has 0 bridgehead atoms. The quantitative estimate of drug-likeness (QED) is 0.808.